The third-order valence-electron chi connectivity index (χ3n) is 2.35. The maximum absolute atomic E-state index is 5.67. The number of ether oxygens (including phenoxy) is 1. The van der Waals surface area contributed by atoms with Gasteiger partial charge in [0.25, 0.3) is 0 Å². The molecule has 0 saturated heterocycles. The molecule has 0 aliphatic heterocycles. The second-order valence-corrected chi connectivity index (χ2v) is 3.57. The van der Waals surface area contributed by atoms with Crippen molar-refractivity contribution < 1.29 is 4.74 Å². The van der Waals surface area contributed by atoms with Crippen molar-refractivity contribution in [1.82, 2.24) is 14.8 Å². The second-order valence-electron chi connectivity index (χ2n) is 3.57. The van der Waals surface area contributed by atoms with Crippen LogP contribution in [-0.4, -0.2) is 14.8 Å². The number of hydrogen-bond donors (Lipinski definition) is 1. The van der Waals surface area contributed by atoms with Gasteiger partial charge in [0, 0.05) is 25.4 Å². The number of aryl methyl sites for hydroxylation is 2. The summed E-state index contributed by atoms with van der Waals surface area (Å²) in [7, 11) is 1.83. The Morgan fingerprint density at radius 2 is 2.31 bits per heavy atom. The van der Waals surface area contributed by atoms with E-state index in [1.54, 1.807) is 23.3 Å². The monoisotopic (exact) mass is 218 g/mol. The van der Waals surface area contributed by atoms with Crippen LogP contribution in [0.3, 0.4) is 0 Å². The van der Waals surface area contributed by atoms with E-state index in [1.807, 2.05) is 20.0 Å². The van der Waals surface area contributed by atoms with E-state index >= 15 is 0 Å². The molecule has 0 aromatic carbocycles. The molecule has 16 heavy (non-hydrogen) atoms. The molecule has 2 aromatic rings. The van der Waals surface area contributed by atoms with Crippen LogP contribution in [0.1, 0.15) is 11.1 Å². The zero-order chi connectivity index (χ0) is 11.5. The van der Waals surface area contributed by atoms with Gasteiger partial charge in [-0.05, 0) is 18.6 Å². The molecule has 0 atom stereocenters. The summed E-state index contributed by atoms with van der Waals surface area (Å²) < 4.78 is 7.30. The lowest BCUT2D eigenvalue weighted by atomic mass is 10.1. The normalized spacial score (nSPS) is 10.4. The standard InChI is InChI=1S/C11H14N4O/c1-8-3-4-13-11(10(8)5-12)16-9-6-14-15(2)7-9/h3-4,6-7H,5,12H2,1-2H3. The van der Waals surface area contributed by atoms with Crippen LogP contribution in [0, 0.1) is 6.92 Å². The molecule has 5 heteroatoms. The van der Waals surface area contributed by atoms with Gasteiger partial charge in [-0.2, -0.15) is 5.10 Å². The van der Waals surface area contributed by atoms with Gasteiger partial charge in [-0.3, -0.25) is 4.68 Å². The summed E-state index contributed by atoms with van der Waals surface area (Å²) >= 11 is 0. The number of hydrogen-bond acceptors (Lipinski definition) is 4. The minimum atomic E-state index is 0.412. The molecule has 0 aliphatic rings. The van der Waals surface area contributed by atoms with Gasteiger partial charge in [-0.15, -0.1) is 0 Å². The molecule has 0 spiro atoms. The van der Waals surface area contributed by atoms with Crippen LogP contribution in [0.25, 0.3) is 0 Å². The fourth-order valence-electron chi connectivity index (χ4n) is 1.46. The second kappa shape index (κ2) is 4.32. The van der Waals surface area contributed by atoms with Crippen LogP contribution in [0.15, 0.2) is 24.7 Å². The topological polar surface area (TPSA) is 66.0 Å². The first-order valence-corrected chi connectivity index (χ1v) is 5.01. The molecule has 0 saturated carbocycles. The Kier molecular flexibility index (Phi) is 2.87. The third kappa shape index (κ3) is 2.04. The Balaban J connectivity index is 2.30. The Morgan fingerprint density at radius 1 is 1.50 bits per heavy atom. The summed E-state index contributed by atoms with van der Waals surface area (Å²) in [5.74, 6) is 1.21. The predicted molar refractivity (Wildman–Crippen MR) is 60.1 cm³/mol. The van der Waals surface area contributed by atoms with Gasteiger partial charge < -0.3 is 10.5 Å². The minimum Gasteiger partial charge on any atom is -0.435 e. The molecule has 0 bridgehead atoms. The highest BCUT2D eigenvalue weighted by molar-refractivity contribution is 5.35. The van der Waals surface area contributed by atoms with Crippen molar-refractivity contribution in [3.05, 3.63) is 35.8 Å². The van der Waals surface area contributed by atoms with E-state index < -0.39 is 0 Å². The van der Waals surface area contributed by atoms with Crippen LogP contribution < -0.4 is 10.5 Å². The van der Waals surface area contributed by atoms with Gasteiger partial charge in [0.15, 0.2) is 5.75 Å². The average Bonchev–Trinajstić information content (AvgIpc) is 2.64. The van der Waals surface area contributed by atoms with Crippen molar-refractivity contribution in [2.45, 2.75) is 13.5 Å². The summed E-state index contributed by atoms with van der Waals surface area (Å²) in [5, 5.41) is 4.02. The highest BCUT2D eigenvalue weighted by atomic mass is 16.5. The van der Waals surface area contributed by atoms with Crippen molar-refractivity contribution in [2.24, 2.45) is 12.8 Å². The lowest BCUT2D eigenvalue weighted by Crippen LogP contribution is -2.03. The molecule has 2 aromatic heterocycles. The van der Waals surface area contributed by atoms with Gasteiger partial charge in [-0.1, -0.05) is 0 Å². The summed E-state index contributed by atoms with van der Waals surface area (Å²) in [6.07, 6.45) is 5.13. The molecule has 0 fully saturated rings. The zero-order valence-corrected chi connectivity index (χ0v) is 9.34. The van der Waals surface area contributed by atoms with Gasteiger partial charge in [0.1, 0.15) is 0 Å². The highest BCUT2D eigenvalue weighted by Gasteiger charge is 2.08. The molecule has 0 amide bonds. The molecule has 0 radical (unpaired) electrons. The molecular weight excluding hydrogens is 204 g/mol. The van der Waals surface area contributed by atoms with Crippen molar-refractivity contribution in [1.29, 1.82) is 0 Å². The van der Waals surface area contributed by atoms with Crippen LogP contribution in [0.5, 0.6) is 11.6 Å². The van der Waals surface area contributed by atoms with Gasteiger partial charge in [-0.25, -0.2) is 4.98 Å². The molecule has 0 unspecified atom stereocenters. The van der Waals surface area contributed by atoms with Crippen LogP contribution in [0.4, 0.5) is 0 Å². The largest absolute Gasteiger partial charge is 0.435 e. The fourth-order valence-corrected chi connectivity index (χ4v) is 1.46. The molecule has 84 valence electrons. The summed E-state index contributed by atoms with van der Waals surface area (Å²) in [6, 6.07) is 1.91. The van der Waals surface area contributed by atoms with E-state index in [9.17, 15) is 0 Å². The Morgan fingerprint density at radius 3 is 2.94 bits per heavy atom. The zero-order valence-electron chi connectivity index (χ0n) is 9.34. The summed E-state index contributed by atoms with van der Waals surface area (Å²) in [4.78, 5) is 4.18. The molecule has 2 N–H and O–H groups in total. The lowest BCUT2D eigenvalue weighted by Gasteiger charge is -2.08. The number of nitrogens with zero attached hydrogens (tertiary/aromatic N) is 3. The minimum absolute atomic E-state index is 0.412. The number of rotatable bonds is 3. The first-order valence-electron chi connectivity index (χ1n) is 5.01. The van der Waals surface area contributed by atoms with E-state index in [-0.39, 0.29) is 0 Å². The average molecular weight is 218 g/mol. The molecule has 5 nitrogen and oxygen atoms in total. The molecule has 2 rings (SSSR count). The van der Waals surface area contributed by atoms with E-state index in [2.05, 4.69) is 10.1 Å². The van der Waals surface area contributed by atoms with E-state index in [0.29, 0.717) is 18.2 Å². The van der Waals surface area contributed by atoms with E-state index in [4.69, 9.17) is 10.5 Å². The Bertz CT molecular complexity index is 492. The SMILES string of the molecule is Cc1ccnc(Oc2cnn(C)c2)c1CN. The third-order valence-corrected chi connectivity index (χ3v) is 2.35. The molecule has 2 heterocycles. The van der Waals surface area contributed by atoms with Crippen molar-refractivity contribution in [3.8, 4) is 11.6 Å². The van der Waals surface area contributed by atoms with Crippen molar-refractivity contribution >= 4 is 0 Å². The maximum Gasteiger partial charge on any atom is 0.224 e. The lowest BCUT2D eigenvalue weighted by molar-refractivity contribution is 0.455. The quantitative estimate of drug-likeness (QED) is 0.845. The van der Waals surface area contributed by atoms with Gasteiger partial charge in [0.2, 0.25) is 5.88 Å². The summed E-state index contributed by atoms with van der Waals surface area (Å²) in [6.45, 7) is 2.40. The van der Waals surface area contributed by atoms with Crippen molar-refractivity contribution in [2.75, 3.05) is 0 Å². The molecule has 0 aliphatic carbocycles. The maximum atomic E-state index is 5.67. The number of aromatic nitrogens is 3. The predicted octanol–water partition coefficient (Wildman–Crippen LogP) is 1.37. The van der Waals surface area contributed by atoms with Crippen molar-refractivity contribution in [3.63, 3.8) is 0 Å². The Labute approximate surface area is 93.9 Å². The summed E-state index contributed by atoms with van der Waals surface area (Å²) in [5.41, 5.74) is 7.67. The number of pyridine rings is 1. The first kappa shape index (κ1) is 10.6. The van der Waals surface area contributed by atoms with Crippen LogP contribution in [-0.2, 0) is 13.6 Å². The van der Waals surface area contributed by atoms with Gasteiger partial charge >= 0.3 is 0 Å². The van der Waals surface area contributed by atoms with Crippen LogP contribution in [0.2, 0.25) is 0 Å². The smallest absolute Gasteiger partial charge is 0.224 e. The molecular formula is C11H14N4O. The van der Waals surface area contributed by atoms with Gasteiger partial charge in [0.05, 0.1) is 12.4 Å². The van der Waals surface area contributed by atoms with E-state index in [0.717, 1.165) is 11.1 Å². The highest BCUT2D eigenvalue weighted by Crippen LogP contribution is 2.24. The van der Waals surface area contributed by atoms with Crippen LogP contribution >= 0.6 is 0 Å². The number of nitrogens with two attached hydrogens (primary N) is 1. The first-order chi connectivity index (χ1) is 7.70. The Hall–Kier alpha value is -1.88. The fraction of sp³-hybridized carbons (Fsp3) is 0.273. The van der Waals surface area contributed by atoms with E-state index in [1.165, 1.54) is 0 Å².